The molecule has 1 aromatic heterocycles. The molecule has 5 rings (SSSR count). The number of aliphatic hydroxyl groups excluding tert-OH is 1. The summed E-state index contributed by atoms with van der Waals surface area (Å²) in [7, 11) is 0. The van der Waals surface area contributed by atoms with Gasteiger partial charge in [-0.1, -0.05) is 68.4 Å². The molecular weight excluding hydrogens is 536 g/mol. The number of rotatable bonds is 10. The van der Waals surface area contributed by atoms with E-state index in [0.29, 0.717) is 24.9 Å². The van der Waals surface area contributed by atoms with Crippen LogP contribution in [0.25, 0.3) is 22.0 Å². The van der Waals surface area contributed by atoms with Gasteiger partial charge in [0, 0.05) is 30.4 Å². The van der Waals surface area contributed by atoms with Gasteiger partial charge in [-0.25, -0.2) is 0 Å². The average molecular weight is 579 g/mol. The molecule has 7 heteroatoms. The maximum absolute atomic E-state index is 13.5. The second-order valence-electron chi connectivity index (χ2n) is 12.0. The van der Waals surface area contributed by atoms with Crippen LogP contribution in [0.1, 0.15) is 49.0 Å². The molecule has 0 saturated carbocycles. The van der Waals surface area contributed by atoms with Gasteiger partial charge in [0.05, 0.1) is 17.8 Å². The molecule has 3 atom stereocenters. The zero-order chi connectivity index (χ0) is 30.2. The number of fused-ring (bicyclic) bond motifs is 1. The fraction of sp³-hybridized carbons (Fsp3) is 0.361. The summed E-state index contributed by atoms with van der Waals surface area (Å²) in [6.45, 7) is 6.24. The minimum Gasteiger partial charge on any atom is -0.390 e. The number of aliphatic hydroxyl groups is 1. The summed E-state index contributed by atoms with van der Waals surface area (Å²) in [5, 5.41) is 19.2. The van der Waals surface area contributed by atoms with Crippen molar-refractivity contribution in [1.82, 2.24) is 20.5 Å². The average Bonchev–Trinajstić information content (AvgIpc) is 3.20. The van der Waals surface area contributed by atoms with E-state index in [4.69, 9.17) is 0 Å². The van der Waals surface area contributed by atoms with Crippen molar-refractivity contribution in [1.29, 1.82) is 0 Å². The summed E-state index contributed by atoms with van der Waals surface area (Å²) in [5.41, 5.74) is 3.80. The number of hydrogen-bond donors (Lipinski definition) is 3. The summed E-state index contributed by atoms with van der Waals surface area (Å²) in [6.07, 6.45) is 4.04. The monoisotopic (exact) mass is 578 g/mol. The summed E-state index contributed by atoms with van der Waals surface area (Å²) in [6, 6.07) is 26.8. The van der Waals surface area contributed by atoms with E-state index in [1.165, 1.54) is 5.56 Å². The molecule has 2 amide bonds. The van der Waals surface area contributed by atoms with Crippen LogP contribution in [0, 0.1) is 5.92 Å². The first kappa shape index (κ1) is 30.4. The van der Waals surface area contributed by atoms with Gasteiger partial charge in [0.1, 0.15) is 6.04 Å². The van der Waals surface area contributed by atoms with Crippen LogP contribution in [0.3, 0.4) is 0 Å². The predicted octanol–water partition coefficient (Wildman–Crippen LogP) is 5.23. The van der Waals surface area contributed by atoms with Crippen molar-refractivity contribution in [3.05, 3.63) is 102 Å². The second kappa shape index (κ2) is 14.4. The van der Waals surface area contributed by atoms with Crippen molar-refractivity contribution in [2.24, 2.45) is 5.92 Å². The Morgan fingerprint density at radius 3 is 2.58 bits per heavy atom. The second-order valence-corrected chi connectivity index (χ2v) is 12.0. The maximum Gasteiger partial charge on any atom is 0.251 e. The molecule has 0 bridgehead atoms. The van der Waals surface area contributed by atoms with Crippen LogP contribution in [0.15, 0.2) is 91.1 Å². The summed E-state index contributed by atoms with van der Waals surface area (Å²) in [5.74, 6) is -0.309. The highest BCUT2D eigenvalue weighted by Gasteiger charge is 2.30. The van der Waals surface area contributed by atoms with Crippen LogP contribution in [0.4, 0.5) is 0 Å². The molecule has 224 valence electrons. The van der Waals surface area contributed by atoms with E-state index in [9.17, 15) is 14.7 Å². The fourth-order valence-corrected chi connectivity index (χ4v) is 5.85. The predicted molar refractivity (Wildman–Crippen MR) is 172 cm³/mol. The number of likely N-dealkylation sites (tertiary alicyclic amines) is 1. The van der Waals surface area contributed by atoms with Gasteiger partial charge >= 0.3 is 0 Å². The highest BCUT2D eigenvalue weighted by atomic mass is 16.3. The number of β-amino-alcohol motifs (C(OH)–C–C–N with tert-alkyl or cyclic N) is 1. The largest absolute Gasteiger partial charge is 0.390 e. The lowest BCUT2D eigenvalue weighted by atomic mass is 10.0. The van der Waals surface area contributed by atoms with E-state index in [2.05, 4.69) is 44.8 Å². The number of carbonyl (C=O) groups is 2. The SMILES string of the molecule is CC(C)C[C@H](NC(=O)c1ccc2ccccc2c1)C(=O)NC1CCCN(CCc2cccc(-c3ccccn3)c2)CC1O. The number of nitrogens with one attached hydrogen (secondary N) is 2. The Hall–Kier alpha value is -4.07. The molecule has 0 spiro atoms. The van der Waals surface area contributed by atoms with Gasteiger partial charge in [-0.15, -0.1) is 0 Å². The van der Waals surface area contributed by atoms with E-state index < -0.39 is 12.1 Å². The third-order valence-electron chi connectivity index (χ3n) is 8.17. The Bertz CT molecular complexity index is 1520. The number of carbonyl (C=O) groups excluding carboxylic acids is 2. The Labute approximate surface area is 254 Å². The van der Waals surface area contributed by atoms with E-state index in [-0.39, 0.29) is 23.8 Å². The molecule has 2 heterocycles. The quantitative estimate of drug-likeness (QED) is 0.240. The van der Waals surface area contributed by atoms with Crippen LogP contribution >= 0.6 is 0 Å². The van der Waals surface area contributed by atoms with Gasteiger partial charge in [-0.05, 0) is 84.8 Å². The standard InChI is InChI=1S/C36H42N4O3/c1-25(2)21-33(39-35(42)30-16-15-27-10-3-4-11-28(27)23-30)36(43)38-32-14-8-19-40(24-34(32)41)20-17-26-9-7-12-29(22-26)31-13-5-6-18-37-31/h3-7,9-13,15-16,18,22-23,25,32-34,41H,8,14,17,19-21,24H2,1-2H3,(H,38,43)(H,39,42)/t32?,33-,34?/m0/s1. The van der Waals surface area contributed by atoms with Crippen LogP contribution in [-0.2, 0) is 11.2 Å². The van der Waals surface area contributed by atoms with E-state index in [1.54, 1.807) is 12.3 Å². The smallest absolute Gasteiger partial charge is 0.251 e. The Morgan fingerprint density at radius 2 is 1.79 bits per heavy atom. The first-order chi connectivity index (χ1) is 20.9. The van der Waals surface area contributed by atoms with Gasteiger partial charge in [0.15, 0.2) is 0 Å². The first-order valence-electron chi connectivity index (χ1n) is 15.4. The Balaban J connectivity index is 1.17. The van der Waals surface area contributed by atoms with Crippen LogP contribution in [0.2, 0.25) is 0 Å². The fourth-order valence-electron chi connectivity index (χ4n) is 5.85. The van der Waals surface area contributed by atoms with Crippen molar-refractivity contribution >= 4 is 22.6 Å². The number of hydrogen-bond acceptors (Lipinski definition) is 5. The highest BCUT2D eigenvalue weighted by molar-refractivity contribution is 6.00. The topological polar surface area (TPSA) is 94.6 Å². The zero-order valence-electron chi connectivity index (χ0n) is 25.1. The van der Waals surface area contributed by atoms with Gasteiger partial charge in [-0.3, -0.25) is 14.6 Å². The molecule has 1 fully saturated rings. The number of amides is 2. The van der Waals surface area contributed by atoms with Crippen LogP contribution < -0.4 is 10.6 Å². The van der Waals surface area contributed by atoms with E-state index in [0.717, 1.165) is 48.0 Å². The summed E-state index contributed by atoms with van der Waals surface area (Å²) in [4.78, 5) is 33.4. The van der Waals surface area contributed by atoms with Gasteiger partial charge in [0.2, 0.25) is 5.91 Å². The minimum atomic E-state index is -0.692. The van der Waals surface area contributed by atoms with Crippen LogP contribution in [-0.4, -0.2) is 64.6 Å². The third kappa shape index (κ3) is 8.27. The number of aromatic nitrogens is 1. The molecule has 4 aromatic rings. The zero-order valence-corrected chi connectivity index (χ0v) is 25.1. The normalized spacial score (nSPS) is 18.2. The van der Waals surface area contributed by atoms with Crippen molar-refractivity contribution in [2.45, 2.75) is 57.7 Å². The molecule has 3 aromatic carbocycles. The van der Waals surface area contributed by atoms with Gasteiger partial charge in [-0.2, -0.15) is 0 Å². The third-order valence-corrected chi connectivity index (χ3v) is 8.17. The van der Waals surface area contributed by atoms with E-state index >= 15 is 0 Å². The molecule has 1 saturated heterocycles. The van der Waals surface area contributed by atoms with Crippen molar-refractivity contribution in [3.63, 3.8) is 0 Å². The minimum absolute atomic E-state index is 0.207. The van der Waals surface area contributed by atoms with Crippen molar-refractivity contribution in [2.75, 3.05) is 19.6 Å². The molecule has 7 nitrogen and oxygen atoms in total. The lowest BCUT2D eigenvalue weighted by molar-refractivity contribution is -0.125. The molecule has 2 unspecified atom stereocenters. The lowest BCUT2D eigenvalue weighted by Crippen LogP contribution is -2.53. The highest BCUT2D eigenvalue weighted by Crippen LogP contribution is 2.20. The van der Waals surface area contributed by atoms with Crippen molar-refractivity contribution in [3.8, 4) is 11.3 Å². The van der Waals surface area contributed by atoms with Gasteiger partial charge in [0.25, 0.3) is 5.91 Å². The van der Waals surface area contributed by atoms with Crippen LogP contribution in [0.5, 0.6) is 0 Å². The molecule has 1 aliphatic heterocycles. The number of benzene rings is 3. The molecule has 0 radical (unpaired) electrons. The maximum atomic E-state index is 13.5. The molecule has 3 N–H and O–H groups in total. The van der Waals surface area contributed by atoms with E-state index in [1.807, 2.05) is 68.4 Å². The first-order valence-corrected chi connectivity index (χ1v) is 15.4. The molecule has 0 aliphatic carbocycles. The van der Waals surface area contributed by atoms with Crippen molar-refractivity contribution < 1.29 is 14.7 Å². The molecule has 1 aliphatic rings. The number of nitrogens with zero attached hydrogens (tertiary/aromatic N) is 2. The molecular formula is C36H42N4O3. The number of pyridine rings is 1. The Kier molecular flexibility index (Phi) is 10.2. The lowest BCUT2D eigenvalue weighted by Gasteiger charge is -2.27. The molecule has 43 heavy (non-hydrogen) atoms. The summed E-state index contributed by atoms with van der Waals surface area (Å²) < 4.78 is 0. The Morgan fingerprint density at radius 1 is 0.977 bits per heavy atom. The van der Waals surface area contributed by atoms with Gasteiger partial charge < -0.3 is 20.6 Å². The summed E-state index contributed by atoms with van der Waals surface area (Å²) >= 11 is 0.